The zero-order valence-electron chi connectivity index (χ0n) is 14.1. The van der Waals surface area contributed by atoms with E-state index < -0.39 is 0 Å². The summed E-state index contributed by atoms with van der Waals surface area (Å²) in [5, 5.41) is 3.51. The normalized spacial score (nSPS) is 11.1. The molecular formula is C24H16N2. The molecule has 4 aromatic carbocycles. The molecule has 2 heteroatoms. The summed E-state index contributed by atoms with van der Waals surface area (Å²) in [5.41, 5.74) is 5.70. The molecule has 0 amide bonds. The Morgan fingerprint density at radius 2 is 1.04 bits per heavy atom. The Hall–Kier alpha value is -3.52. The number of fused-ring (bicyclic) bond motifs is 2. The highest BCUT2D eigenvalue weighted by atomic mass is 14.8. The van der Waals surface area contributed by atoms with Crippen LogP contribution in [0.1, 0.15) is 0 Å². The molecule has 0 aliphatic rings. The molecule has 0 aliphatic carbocycles. The van der Waals surface area contributed by atoms with Crippen LogP contribution in [0.25, 0.3) is 43.9 Å². The van der Waals surface area contributed by atoms with Gasteiger partial charge in [0.15, 0.2) is 0 Å². The standard InChI is InChI=1S/C24H16N2/c1-3-9-17(10-4-1)22-19-13-7-8-14-20(19)23(18-11-5-2-6-12-18)24-21(22)15-25-16-26-24/h1-16H. The second kappa shape index (κ2) is 6.08. The van der Waals surface area contributed by atoms with E-state index in [0.29, 0.717) is 0 Å². The van der Waals surface area contributed by atoms with Crippen LogP contribution in [0.2, 0.25) is 0 Å². The molecule has 0 unspecified atom stereocenters. The maximum absolute atomic E-state index is 4.68. The van der Waals surface area contributed by atoms with Crippen LogP contribution in [-0.2, 0) is 0 Å². The van der Waals surface area contributed by atoms with E-state index in [4.69, 9.17) is 0 Å². The van der Waals surface area contributed by atoms with Crippen molar-refractivity contribution < 1.29 is 0 Å². The monoisotopic (exact) mass is 332 g/mol. The summed E-state index contributed by atoms with van der Waals surface area (Å²) in [5.74, 6) is 0. The molecule has 5 rings (SSSR count). The van der Waals surface area contributed by atoms with Gasteiger partial charge in [0, 0.05) is 22.7 Å². The van der Waals surface area contributed by atoms with Crippen molar-refractivity contribution in [1.82, 2.24) is 9.97 Å². The predicted molar refractivity (Wildman–Crippen MR) is 108 cm³/mol. The molecule has 0 saturated heterocycles. The zero-order valence-corrected chi connectivity index (χ0v) is 14.1. The van der Waals surface area contributed by atoms with Crippen LogP contribution < -0.4 is 0 Å². The maximum atomic E-state index is 4.68. The Labute approximate surface area is 151 Å². The molecule has 0 radical (unpaired) electrons. The van der Waals surface area contributed by atoms with Crippen LogP contribution in [0, 0.1) is 0 Å². The van der Waals surface area contributed by atoms with E-state index in [1.165, 1.54) is 33.0 Å². The van der Waals surface area contributed by atoms with Gasteiger partial charge in [-0.2, -0.15) is 0 Å². The molecule has 0 aliphatic heterocycles. The summed E-state index contributed by atoms with van der Waals surface area (Å²) in [6.07, 6.45) is 3.57. The third-order valence-corrected chi connectivity index (χ3v) is 4.81. The van der Waals surface area contributed by atoms with Crippen LogP contribution >= 0.6 is 0 Å². The third kappa shape index (κ3) is 2.27. The molecule has 0 atom stereocenters. The van der Waals surface area contributed by atoms with E-state index in [0.717, 1.165) is 10.9 Å². The van der Waals surface area contributed by atoms with Gasteiger partial charge in [0.1, 0.15) is 6.33 Å². The van der Waals surface area contributed by atoms with Crippen LogP contribution in [0.15, 0.2) is 97.5 Å². The molecule has 2 nitrogen and oxygen atoms in total. The third-order valence-electron chi connectivity index (χ3n) is 4.81. The molecule has 0 saturated carbocycles. The first-order chi connectivity index (χ1) is 12.9. The van der Waals surface area contributed by atoms with Gasteiger partial charge in [-0.3, -0.25) is 0 Å². The molecule has 0 N–H and O–H groups in total. The minimum absolute atomic E-state index is 0.990. The Morgan fingerprint density at radius 3 is 1.69 bits per heavy atom. The summed E-state index contributed by atoms with van der Waals surface area (Å²) < 4.78 is 0. The lowest BCUT2D eigenvalue weighted by atomic mass is 9.88. The van der Waals surface area contributed by atoms with Gasteiger partial charge in [0.25, 0.3) is 0 Å². The zero-order chi connectivity index (χ0) is 17.3. The van der Waals surface area contributed by atoms with E-state index in [1.807, 2.05) is 18.3 Å². The van der Waals surface area contributed by atoms with Crippen molar-refractivity contribution in [2.24, 2.45) is 0 Å². The second-order valence-corrected chi connectivity index (χ2v) is 6.31. The Kier molecular flexibility index (Phi) is 3.46. The Morgan fingerprint density at radius 1 is 0.500 bits per heavy atom. The van der Waals surface area contributed by atoms with Crippen LogP contribution in [0.4, 0.5) is 0 Å². The number of nitrogens with zero attached hydrogens (tertiary/aromatic N) is 2. The summed E-state index contributed by atoms with van der Waals surface area (Å²) in [7, 11) is 0. The molecule has 0 bridgehead atoms. The minimum Gasteiger partial charge on any atom is -0.244 e. The van der Waals surface area contributed by atoms with Gasteiger partial charge in [-0.15, -0.1) is 0 Å². The topological polar surface area (TPSA) is 25.8 Å². The molecule has 1 heterocycles. The van der Waals surface area contributed by atoms with E-state index in [1.54, 1.807) is 6.33 Å². The Balaban J connectivity index is 2.02. The molecular weight excluding hydrogens is 316 g/mol. The highest BCUT2D eigenvalue weighted by molar-refractivity contribution is 6.19. The molecule has 5 aromatic rings. The van der Waals surface area contributed by atoms with Crippen molar-refractivity contribution in [1.29, 1.82) is 0 Å². The fourth-order valence-corrected chi connectivity index (χ4v) is 3.72. The average Bonchev–Trinajstić information content (AvgIpc) is 2.73. The molecule has 1 aromatic heterocycles. The van der Waals surface area contributed by atoms with Gasteiger partial charge >= 0.3 is 0 Å². The first-order valence-electron chi connectivity index (χ1n) is 8.69. The van der Waals surface area contributed by atoms with Crippen LogP contribution in [0.5, 0.6) is 0 Å². The number of rotatable bonds is 2. The van der Waals surface area contributed by atoms with E-state index in [-0.39, 0.29) is 0 Å². The quantitative estimate of drug-likeness (QED) is 0.364. The maximum Gasteiger partial charge on any atom is 0.116 e. The van der Waals surface area contributed by atoms with Gasteiger partial charge in [-0.1, -0.05) is 84.9 Å². The summed E-state index contributed by atoms with van der Waals surface area (Å²) in [6.45, 7) is 0. The van der Waals surface area contributed by atoms with Crippen LogP contribution in [-0.4, -0.2) is 9.97 Å². The van der Waals surface area contributed by atoms with Gasteiger partial charge < -0.3 is 0 Å². The summed E-state index contributed by atoms with van der Waals surface area (Å²) >= 11 is 0. The largest absolute Gasteiger partial charge is 0.244 e. The smallest absolute Gasteiger partial charge is 0.116 e. The Bertz CT molecular complexity index is 1060. The van der Waals surface area contributed by atoms with Crippen molar-refractivity contribution in [2.75, 3.05) is 0 Å². The van der Waals surface area contributed by atoms with Crippen molar-refractivity contribution in [3.63, 3.8) is 0 Å². The average molecular weight is 332 g/mol. The summed E-state index contributed by atoms with van der Waals surface area (Å²) in [4.78, 5) is 9.01. The van der Waals surface area contributed by atoms with Crippen molar-refractivity contribution in [3.05, 3.63) is 97.5 Å². The highest BCUT2D eigenvalue weighted by Gasteiger charge is 2.16. The fraction of sp³-hybridized carbons (Fsp3) is 0. The second-order valence-electron chi connectivity index (χ2n) is 6.31. The molecule has 0 fully saturated rings. The number of hydrogen-bond donors (Lipinski definition) is 0. The van der Waals surface area contributed by atoms with Crippen molar-refractivity contribution >= 4 is 21.7 Å². The number of aromatic nitrogens is 2. The minimum atomic E-state index is 0.990. The van der Waals surface area contributed by atoms with E-state index >= 15 is 0 Å². The fourth-order valence-electron chi connectivity index (χ4n) is 3.72. The molecule has 26 heavy (non-hydrogen) atoms. The van der Waals surface area contributed by atoms with Gasteiger partial charge in [0.2, 0.25) is 0 Å². The lowest BCUT2D eigenvalue weighted by molar-refractivity contribution is 1.22. The van der Waals surface area contributed by atoms with Crippen molar-refractivity contribution in [3.8, 4) is 22.3 Å². The van der Waals surface area contributed by atoms with E-state index in [9.17, 15) is 0 Å². The lowest BCUT2D eigenvalue weighted by Gasteiger charge is -2.16. The first-order valence-corrected chi connectivity index (χ1v) is 8.69. The van der Waals surface area contributed by atoms with Gasteiger partial charge in [0.05, 0.1) is 5.52 Å². The molecule has 122 valence electrons. The van der Waals surface area contributed by atoms with Gasteiger partial charge in [-0.05, 0) is 21.9 Å². The molecule has 0 spiro atoms. The number of hydrogen-bond acceptors (Lipinski definition) is 2. The van der Waals surface area contributed by atoms with Crippen LogP contribution in [0.3, 0.4) is 0 Å². The lowest BCUT2D eigenvalue weighted by Crippen LogP contribution is -1.93. The van der Waals surface area contributed by atoms with Crippen molar-refractivity contribution in [2.45, 2.75) is 0 Å². The predicted octanol–water partition coefficient (Wildman–Crippen LogP) is 6.12. The summed E-state index contributed by atoms with van der Waals surface area (Å²) in [6, 6.07) is 29.5. The highest BCUT2D eigenvalue weighted by Crippen LogP contribution is 2.42. The SMILES string of the molecule is c1ccc(-c2c3ccccc3c(-c3ccccc3)c3ncncc23)cc1. The van der Waals surface area contributed by atoms with E-state index in [2.05, 4.69) is 82.8 Å². The van der Waals surface area contributed by atoms with Gasteiger partial charge in [-0.25, -0.2) is 9.97 Å². The number of benzene rings is 4. The first kappa shape index (κ1) is 14.8.